The number of ketones is 1. The van der Waals surface area contributed by atoms with Crippen LogP contribution in [0.3, 0.4) is 0 Å². The summed E-state index contributed by atoms with van der Waals surface area (Å²) in [4.78, 5) is 23.1. The quantitative estimate of drug-likeness (QED) is 0.555. The number of urea groups is 1. The number of carbonyl (C=O) groups is 2. The van der Waals surface area contributed by atoms with Gasteiger partial charge in [-0.1, -0.05) is 0 Å². The molecule has 0 saturated heterocycles. The van der Waals surface area contributed by atoms with Crippen LogP contribution in [0.1, 0.15) is 6.92 Å². The number of Topliss-reactive ketones (excluding diaryl/α,β-unsaturated/α-hetero) is 1. The van der Waals surface area contributed by atoms with E-state index in [4.69, 9.17) is 5.73 Å². The SMILES string of the molecule is [CH2]C(NC(N)=O)(C(C)=O)N(C)C. The first-order chi connectivity index (χ1) is 5.30. The molecule has 1 atom stereocenters. The van der Waals surface area contributed by atoms with Gasteiger partial charge in [-0.05, 0) is 27.9 Å². The zero-order chi connectivity index (χ0) is 9.94. The van der Waals surface area contributed by atoms with Crippen LogP contribution in [0.4, 0.5) is 4.79 Å². The molecule has 0 rings (SSSR count). The fraction of sp³-hybridized carbons (Fsp3) is 0.571. The summed E-state index contributed by atoms with van der Waals surface area (Å²) in [6, 6.07) is -0.770. The molecule has 0 aromatic rings. The molecule has 2 amide bonds. The van der Waals surface area contributed by atoms with Crippen LogP contribution < -0.4 is 11.1 Å². The molecule has 1 radical (unpaired) electrons. The molecular weight excluding hydrogens is 158 g/mol. The first-order valence-electron chi connectivity index (χ1n) is 3.42. The lowest BCUT2D eigenvalue weighted by Gasteiger charge is -2.33. The van der Waals surface area contributed by atoms with E-state index in [0.29, 0.717) is 0 Å². The average Bonchev–Trinajstić information content (AvgIpc) is 1.84. The Morgan fingerprint density at radius 3 is 2.00 bits per heavy atom. The molecule has 0 spiro atoms. The number of rotatable bonds is 3. The Kier molecular flexibility index (Phi) is 3.21. The molecule has 5 nitrogen and oxygen atoms in total. The van der Waals surface area contributed by atoms with E-state index in [2.05, 4.69) is 12.2 Å². The van der Waals surface area contributed by atoms with Crippen molar-refractivity contribution in [3.05, 3.63) is 6.92 Å². The van der Waals surface area contributed by atoms with Gasteiger partial charge in [0.15, 0.2) is 11.4 Å². The predicted octanol–water partition coefficient (Wildman–Crippen LogP) is -0.664. The largest absolute Gasteiger partial charge is 0.352 e. The van der Waals surface area contributed by atoms with Crippen LogP contribution in [-0.2, 0) is 4.79 Å². The minimum absolute atomic E-state index is 0.272. The first-order valence-corrected chi connectivity index (χ1v) is 3.42. The Balaban J connectivity index is 4.62. The van der Waals surface area contributed by atoms with E-state index in [-0.39, 0.29) is 5.78 Å². The number of nitrogens with two attached hydrogens (primary N) is 1. The lowest BCUT2D eigenvalue weighted by Crippen LogP contribution is -2.61. The molecule has 0 heterocycles. The van der Waals surface area contributed by atoms with Crippen molar-refractivity contribution in [3.8, 4) is 0 Å². The van der Waals surface area contributed by atoms with E-state index in [0.717, 1.165) is 0 Å². The third-order valence-electron chi connectivity index (χ3n) is 1.68. The number of hydrogen-bond acceptors (Lipinski definition) is 3. The van der Waals surface area contributed by atoms with Gasteiger partial charge in [0.05, 0.1) is 0 Å². The van der Waals surface area contributed by atoms with Crippen LogP contribution in [0.15, 0.2) is 0 Å². The maximum Gasteiger partial charge on any atom is 0.313 e. The van der Waals surface area contributed by atoms with Crippen LogP contribution in [0, 0.1) is 6.92 Å². The minimum Gasteiger partial charge on any atom is -0.352 e. The molecule has 0 aromatic heterocycles. The summed E-state index contributed by atoms with van der Waals surface area (Å²) in [6.07, 6.45) is 0. The number of primary amides is 1. The van der Waals surface area contributed by atoms with E-state index >= 15 is 0 Å². The van der Waals surface area contributed by atoms with Crippen molar-refractivity contribution in [3.63, 3.8) is 0 Å². The highest BCUT2D eigenvalue weighted by Gasteiger charge is 2.33. The summed E-state index contributed by atoms with van der Waals surface area (Å²) in [6.45, 7) is 4.91. The minimum atomic E-state index is -1.26. The van der Waals surface area contributed by atoms with E-state index in [9.17, 15) is 9.59 Å². The number of nitrogens with zero attached hydrogens (tertiary/aromatic N) is 1. The number of hydrogen-bond donors (Lipinski definition) is 2. The summed E-state index contributed by atoms with van der Waals surface area (Å²) in [7, 11) is 3.26. The van der Waals surface area contributed by atoms with E-state index < -0.39 is 11.7 Å². The Labute approximate surface area is 71.9 Å². The van der Waals surface area contributed by atoms with Crippen molar-refractivity contribution in [2.24, 2.45) is 5.73 Å². The van der Waals surface area contributed by atoms with Gasteiger partial charge < -0.3 is 11.1 Å². The van der Waals surface area contributed by atoms with Crippen molar-refractivity contribution in [2.45, 2.75) is 12.6 Å². The molecule has 12 heavy (non-hydrogen) atoms. The van der Waals surface area contributed by atoms with Crippen molar-refractivity contribution >= 4 is 11.8 Å². The molecule has 0 aromatic carbocycles. The first kappa shape index (κ1) is 10.9. The lowest BCUT2D eigenvalue weighted by molar-refractivity contribution is -0.126. The fourth-order valence-corrected chi connectivity index (χ4v) is 0.719. The lowest BCUT2D eigenvalue weighted by atomic mass is 10.1. The normalized spacial score (nSPS) is 15.4. The number of likely N-dealkylation sites (N-methyl/N-ethyl adjacent to an activating group) is 1. The highest BCUT2D eigenvalue weighted by molar-refractivity contribution is 5.90. The van der Waals surface area contributed by atoms with Crippen LogP contribution in [0.2, 0.25) is 0 Å². The average molecular weight is 172 g/mol. The van der Waals surface area contributed by atoms with Crippen molar-refractivity contribution < 1.29 is 9.59 Å². The monoisotopic (exact) mass is 172 g/mol. The van der Waals surface area contributed by atoms with Gasteiger partial charge in [0.25, 0.3) is 0 Å². The number of carbonyl (C=O) groups excluding carboxylic acids is 2. The molecular formula is C7H14N3O2. The fourth-order valence-electron chi connectivity index (χ4n) is 0.719. The molecule has 1 unspecified atom stereocenters. The summed E-state index contributed by atoms with van der Waals surface area (Å²) in [5, 5.41) is 2.26. The molecule has 69 valence electrons. The Hall–Kier alpha value is -1.10. The van der Waals surface area contributed by atoms with Gasteiger partial charge in [-0.25, -0.2) is 4.79 Å². The van der Waals surface area contributed by atoms with Crippen LogP contribution in [0.5, 0.6) is 0 Å². The molecule has 0 aliphatic rings. The molecule has 0 aliphatic heterocycles. The maximum atomic E-state index is 11.1. The van der Waals surface area contributed by atoms with Gasteiger partial charge in [0, 0.05) is 0 Å². The van der Waals surface area contributed by atoms with Crippen LogP contribution in [0.25, 0.3) is 0 Å². The second-order valence-electron chi connectivity index (χ2n) is 2.80. The molecule has 0 fully saturated rings. The van der Waals surface area contributed by atoms with E-state index in [1.807, 2.05) is 0 Å². The second kappa shape index (κ2) is 3.53. The molecule has 3 N–H and O–H groups in total. The molecule has 5 heteroatoms. The van der Waals surface area contributed by atoms with Gasteiger partial charge in [-0.15, -0.1) is 0 Å². The second-order valence-corrected chi connectivity index (χ2v) is 2.80. The van der Waals surface area contributed by atoms with Crippen molar-refractivity contribution in [2.75, 3.05) is 14.1 Å². The van der Waals surface area contributed by atoms with Gasteiger partial charge in [0.2, 0.25) is 0 Å². The summed E-state index contributed by atoms with van der Waals surface area (Å²) in [5.41, 5.74) is 3.63. The summed E-state index contributed by atoms with van der Waals surface area (Å²) >= 11 is 0. The summed E-state index contributed by atoms with van der Waals surface area (Å²) < 4.78 is 0. The topological polar surface area (TPSA) is 75.4 Å². The third-order valence-corrected chi connectivity index (χ3v) is 1.68. The zero-order valence-corrected chi connectivity index (χ0v) is 7.55. The van der Waals surface area contributed by atoms with E-state index in [1.165, 1.54) is 11.8 Å². The summed E-state index contributed by atoms with van der Waals surface area (Å²) in [5.74, 6) is -0.272. The van der Waals surface area contributed by atoms with Crippen molar-refractivity contribution in [1.29, 1.82) is 0 Å². The highest BCUT2D eigenvalue weighted by atomic mass is 16.2. The van der Waals surface area contributed by atoms with Crippen LogP contribution >= 0.6 is 0 Å². The smallest absolute Gasteiger partial charge is 0.313 e. The molecule has 0 bridgehead atoms. The zero-order valence-electron chi connectivity index (χ0n) is 7.55. The molecule has 0 aliphatic carbocycles. The molecule has 0 saturated carbocycles. The van der Waals surface area contributed by atoms with Gasteiger partial charge in [-0.3, -0.25) is 9.69 Å². The Morgan fingerprint density at radius 1 is 1.50 bits per heavy atom. The van der Waals surface area contributed by atoms with Gasteiger partial charge >= 0.3 is 6.03 Å². The van der Waals surface area contributed by atoms with Crippen molar-refractivity contribution in [1.82, 2.24) is 10.2 Å². The van der Waals surface area contributed by atoms with E-state index in [1.54, 1.807) is 14.1 Å². The number of amides is 2. The maximum absolute atomic E-state index is 11.1. The van der Waals surface area contributed by atoms with Gasteiger partial charge in [0.1, 0.15) is 0 Å². The highest BCUT2D eigenvalue weighted by Crippen LogP contribution is 2.06. The number of nitrogens with one attached hydrogen (secondary N) is 1. The standard InChI is InChI=1S/C7H14N3O2/c1-5(11)7(2,10(3)4)9-6(8)12/h2H2,1,3-4H3,(H3,8,9,12). The third kappa shape index (κ3) is 2.20. The Bertz CT molecular complexity index is 203. The van der Waals surface area contributed by atoms with Gasteiger partial charge in [-0.2, -0.15) is 0 Å². The van der Waals surface area contributed by atoms with Crippen LogP contribution in [-0.4, -0.2) is 36.5 Å². The predicted molar refractivity (Wildman–Crippen MR) is 45.2 cm³/mol. The Morgan fingerprint density at radius 2 is 1.92 bits per heavy atom.